The first-order valence-corrected chi connectivity index (χ1v) is 9.90. The molecular weight excluding hydrogens is 366 g/mol. The summed E-state index contributed by atoms with van der Waals surface area (Å²) >= 11 is 0. The second-order valence-electron chi connectivity index (χ2n) is 7.82. The van der Waals surface area contributed by atoms with Gasteiger partial charge in [0.25, 0.3) is 5.91 Å². The number of hydrogen-bond acceptors (Lipinski definition) is 6. The van der Waals surface area contributed by atoms with E-state index >= 15 is 0 Å². The summed E-state index contributed by atoms with van der Waals surface area (Å²) in [6, 6.07) is 10.2. The third-order valence-corrected chi connectivity index (χ3v) is 5.23. The number of benzene rings is 1. The summed E-state index contributed by atoms with van der Waals surface area (Å²) in [6.07, 6.45) is 5.01. The first-order valence-electron chi connectivity index (χ1n) is 9.90. The number of aliphatic hydroxyl groups is 1. The van der Waals surface area contributed by atoms with Gasteiger partial charge in [-0.15, -0.1) is 0 Å². The van der Waals surface area contributed by atoms with Crippen LogP contribution in [-0.4, -0.2) is 56.1 Å². The summed E-state index contributed by atoms with van der Waals surface area (Å²) in [5.74, 6) is 0.329. The number of carbonyl (C=O) groups excluding carboxylic acids is 1. The summed E-state index contributed by atoms with van der Waals surface area (Å²) in [5.41, 5.74) is 2.51. The molecule has 3 heterocycles. The van der Waals surface area contributed by atoms with Crippen molar-refractivity contribution in [3.63, 3.8) is 0 Å². The summed E-state index contributed by atoms with van der Waals surface area (Å²) in [5, 5.41) is 14.8. The van der Waals surface area contributed by atoms with Crippen molar-refractivity contribution in [2.75, 3.05) is 18.4 Å². The average Bonchev–Trinajstić information content (AvgIpc) is 3.08. The minimum absolute atomic E-state index is 0.0208. The van der Waals surface area contributed by atoms with E-state index in [1.807, 2.05) is 44.2 Å². The highest BCUT2D eigenvalue weighted by molar-refractivity contribution is 5.94. The molecule has 0 aliphatic carbocycles. The van der Waals surface area contributed by atoms with E-state index < -0.39 is 6.10 Å². The minimum Gasteiger partial charge on any atom is -0.391 e. The van der Waals surface area contributed by atoms with Gasteiger partial charge in [0.1, 0.15) is 0 Å². The molecule has 150 valence electrons. The molecule has 1 aliphatic rings. The van der Waals surface area contributed by atoms with Gasteiger partial charge in [0.2, 0.25) is 5.95 Å². The van der Waals surface area contributed by atoms with Crippen molar-refractivity contribution in [3.8, 4) is 0 Å². The van der Waals surface area contributed by atoms with Gasteiger partial charge in [0.05, 0.1) is 17.2 Å². The molecule has 1 saturated heterocycles. The van der Waals surface area contributed by atoms with Crippen LogP contribution < -0.4 is 5.32 Å². The number of hydrogen-bond donors (Lipinski definition) is 2. The molecule has 1 fully saturated rings. The smallest absolute Gasteiger partial charge is 0.257 e. The summed E-state index contributed by atoms with van der Waals surface area (Å²) in [7, 11) is 0. The van der Waals surface area contributed by atoms with Crippen LogP contribution >= 0.6 is 0 Å². The van der Waals surface area contributed by atoms with E-state index in [2.05, 4.69) is 20.3 Å². The fourth-order valence-corrected chi connectivity index (χ4v) is 3.79. The van der Waals surface area contributed by atoms with Gasteiger partial charge in [-0.25, -0.2) is 9.97 Å². The first kappa shape index (κ1) is 19.3. The molecule has 29 heavy (non-hydrogen) atoms. The van der Waals surface area contributed by atoms with Gasteiger partial charge in [-0.3, -0.25) is 9.78 Å². The Bertz CT molecular complexity index is 1000. The second-order valence-corrected chi connectivity index (χ2v) is 7.82. The number of aromatic nitrogens is 3. The van der Waals surface area contributed by atoms with Crippen LogP contribution in [0.1, 0.15) is 29.8 Å². The Kier molecular flexibility index (Phi) is 5.40. The lowest BCUT2D eigenvalue weighted by atomic mass is 9.94. The Morgan fingerprint density at radius 1 is 1.17 bits per heavy atom. The molecular formula is C22H25N5O2. The Morgan fingerprint density at radius 2 is 1.93 bits per heavy atom. The zero-order valence-corrected chi connectivity index (χ0v) is 16.6. The number of β-amino-alcohol motifs (C(OH)–C–C–N with tert-alkyl or cyclic N) is 1. The fraction of sp³-hybridized carbons (Fsp3) is 0.364. The zero-order valence-electron chi connectivity index (χ0n) is 16.6. The molecule has 1 amide bonds. The lowest BCUT2D eigenvalue weighted by molar-refractivity contribution is 0.0764. The van der Waals surface area contributed by atoms with E-state index in [0.717, 1.165) is 16.5 Å². The second kappa shape index (κ2) is 8.13. The molecule has 1 aromatic carbocycles. The predicted octanol–water partition coefficient (Wildman–Crippen LogP) is 2.52. The maximum absolute atomic E-state index is 12.8. The number of rotatable bonds is 5. The van der Waals surface area contributed by atoms with Crippen molar-refractivity contribution in [2.24, 2.45) is 5.92 Å². The van der Waals surface area contributed by atoms with Crippen LogP contribution in [0.5, 0.6) is 0 Å². The van der Waals surface area contributed by atoms with Gasteiger partial charge in [-0.1, -0.05) is 18.2 Å². The van der Waals surface area contributed by atoms with Crippen LogP contribution in [-0.2, 0) is 6.42 Å². The van der Waals surface area contributed by atoms with Gasteiger partial charge >= 0.3 is 0 Å². The molecule has 1 aliphatic heterocycles. The summed E-state index contributed by atoms with van der Waals surface area (Å²) < 4.78 is 0. The van der Waals surface area contributed by atoms with Crippen LogP contribution in [0.25, 0.3) is 10.9 Å². The number of nitrogens with one attached hydrogen (secondary N) is 1. The number of anilines is 1. The lowest BCUT2D eigenvalue weighted by Gasteiger charge is -2.17. The van der Waals surface area contributed by atoms with E-state index in [-0.39, 0.29) is 17.9 Å². The highest BCUT2D eigenvalue weighted by Gasteiger charge is 2.34. The van der Waals surface area contributed by atoms with E-state index in [4.69, 9.17) is 0 Å². The molecule has 2 atom stereocenters. The quantitative estimate of drug-likeness (QED) is 0.694. The molecule has 0 radical (unpaired) electrons. The summed E-state index contributed by atoms with van der Waals surface area (Å²) in [4.78, 5) is 27.3. The predicted molar refractivity (Wildman–Crippen MR) is 112 cm³/mol. The highest BCUT2D eigenvalue weighted by atomic mass is 16.3. The highest BCUT2D eigenvalue weighted by Crippen LogP contribution is 2.26. The van der Waals surface area contributed by atoms with Gasteiger partial charge in [0, 0.05) is 49.0 Å². The maximum atomic E-state index is 12.8. The van der Waals surface area contributed by atoms with Crippen LogP contribution in [0, 0.1) is 5.92 Å². The van der Waals surface area contributed by atoms with Crippen molar-refractivity contribution in [3.05, 3.63) is 60.0 Å². The van der Waals surface area contributed by atoms with Crippen LogP contribution in [0.15, 0.2) is 48.9 Å². The molecule has 7 heteroatoms. The first-order chi connectivity index (χ1) is 14.0. The number of likely N-dealkylation sites (tertiary alicyclic amines) is 1. The number of para-hydroxylation sites is 1. The molecule has 0 unspecified atom stereocenters. The van der Waals surface area contributed by atoms with E-state index in [1.54, 1.807) is 11.1 Å². The zero-order chi connectivity index (χ0) is 20.4. The Balaban J connectivity index is 1.46. The monoisotopic (exact) mass is 391 g/mol. The van der Waals surface area contributed by atoms with Crippen LogP contribution in [0.2, 0.25) is 0 Å². The van der Waals surface area contributed by atoms with Crippen molar-refractivity contribution >= 4 is 22.8 Å². The summed E-state index contributed by atoms with van der Waals surface area (Å²) in [6.45, 7) is 4.82. The molecule has 4 rings (SSSR count). The molecule has 7 nitrogen and oxygen atoms in total. The molecule has 3 aromatic rings. The largest absolute Gasteiger partial charge is 0.391 e. The van der Waals surface area contributed by atoms with E-state index in [1.165, 1.54) is 12.4 Å². The van der Waals surface area contributed by atoms with Gasteiger partial charge < -0.3 is 15.3 Å². The Hall–Kier alpha value is -3.06. The fourth-order valence-electron chi connectivity index (χ4n) is 3.79. The normalized spacial score (nSPS) is 19.1. The third kappa shape index (κ3) is 4.19. The molecule has 2 N–H and O–H groups in total. The van der Waals surface area contributed by atoms with Gasteiger partial charge in [-0.2, -0.15) is 0 Å². The maximum Gasteiger partial charge on any atom is 0.257 e. The number of aliphatic hydroxyl groups excluding tert-OH is 1. The van der Waals surface area contributed by atoms with Crippen LogP contribution in [0.4, 0.5) is 5.95 Å². The number of fused-ring (bicyclic) bond motifs is 1. The van der Waals surface area contributed by atoms with Gasteiger partial charge in [0.15, 0.2) is 0 Å². The third-order valence-electron chi connectivity index (χ3n) is 5.23. The lowest BCUT2D eigenvalue weighted by Crippen LogP contribution is -2.30. The van der Waals surface area contributed by atoms with Gasteiger partial charge in [-0.05, 0) is 38.0 Å². The molecule has 2 aromatic heterocycles. The SMILES string of the molecule is CC(C)Nc1ncc(C(=O)N2C[C@@H](Cc3ccnc4ccccc34)[C@@H](O)C2)cn1. The number of nitrogens with zero attached hydrogens (tertiary/aromatic N) is 4. The van der Waals surface area contributed by atoms with E-state index in [9.17, 15) is 9.90 Å². The van der Waals surface area contributed by atoms with Crippen molar-refractivity contribution in [1.29, 1.82) is 0 Å². The topological polar surface area (TPSA) is 91.2 Å². The van der Waals surface area contributed by atoms with E-state index in [0.29, 0.717) is 31.0 Å². The molecule has 0 bridgehead atoms. The van der Waals surface area contributed by atoms with Crippen molar-refractivity contribution < 1.29 is 9.90 Å². The minimum atomic E-state index is -0.561. The number of amides is 1. The number of carbonyl (C=O) groups is 1. The number of pyridine rings is 1. The van der Waals surface area contributed by atoms with Crippen molar-refractivity contribution in [2.45, 2.75) is 32.4 Å². The Morgan fingerprint density at radius 3 is 2.69 bits per heavy atom. The van der Waals surface area contributed by atoms with Crippen LogP contribution in [0.3, 0.4) is 0 Å². The van der Waals surface area contributed by atoms with Crippen molar-refractivity contribution in [1.82, 2.24) is 19.9 Å². The molecule has 0 saturated carbocycles. The molecule has 0 spiro atoms. The standard InChI is InChI=1S/C22H25N5O2/c1-14(2)26-22-24-10-17(11-25-22)21(29)27-12-16(20(28)13-27)9-15-7-8-23-19-6-4-3-5-18(15)19/h3-8,10-11,14,16,20,28H,9,12-13H2,1-2H3,(H,24,25,26)/t16-,20+/m1/s1. The Labute approximate surface area is 169 Å². The average molecular weight is 391 g/mol.